The molecule has 0 aliphatic carbocycles. The van der Waals surface area contributed by atoms with Gasteiger partial charge in [0.1, 0.15) is 12.7 Å². The molecule has 2 atom stereocenters. The molecule has 1 aliphatic rings. The predicted octanol–water partition coefficient (Wildman–Crippen LogP) is 3.44. The van der Waals surface area contributed by atoms with Gasteiger partial charge in [-0.1, -0.05) is 84.0 Å². The van der Waals surface area contributed by atoms with Gasteiger partial charge in [0.05, 0.1) is 0 Å². The highest BCUT2D eigenvalue weighted by Crippen LogP contribution is 2.14. The van der Waals surface area contributed by atoms with Gasteiger partial charge in [0.2, 0.25) is 0 Å². The number of cyclic esters (lactones) is 1. The molecule has 0 aromatic carbocycles. The third kappa shape index (κ3) is 10.5. The fourth-order valence-corrected chi connectivity index (χ4v) is 3.33. The molecule has 1 rings (SSSR count). The van der Waals surface area contributed by atoms with Crippen molar-refractivity contribution >= 4 is 23.5 Å². The van der Waals surface area contributed by atoms with Crippen LogP contribution in [0.3, 0.4) is 0 Å². The number of carbonyl (C=O) groups excluding carboxylic acids is 4. The van der Waals surface area contributed by atoms with Crippen molar-refractivity contribution in [1.29, 1.82) is 0 Å². The Morgan fingerprint density at radius 3 is 1.83 bits per heavy atom. The summed E-state index contributed by atoms with van der Waals surface area (Å²) < 4.78 is 9.38. The van der Waals surface area contributed by atoms with Gasteiger partial charge in [0.25, 0.3) is 5.78 Å². The number of ether oxygens (including phenoxy) is 2. The molecule has 1 fully saturated rings. The molecule has 0 bridgehead atoms. The van der Waals surface area contributed by atoms with Crippen molar-refractivity contribution in [3.8, 4) is 0 Å². The summed E-state index contributed by atoms with van der Waals surface area (Å²) in [4.78, 5) is 45.1. The molecule has 1 saturated heterocycles. The van der Waals surface area contributed by atoms with Gasteiger partial charge in [-0.15, -0.1) is 0 Å². The molecule has 7 nitrogen and oxygen atoms in total. The lowest BCUT2D eigenvalue weighted by atomic mass is 10.0. The number of Topliss-reactive ketones (excluding diaryl/α,β-unsaturated/α-hetero) is 2. The maximum atomic E-state index is 11.7. The largest absolute Gasteiger partial charge is 0.463 e. The fraction of sp³-hybridized carbons (Fsp3) is 0.818. The number of carbonyl (C=O) groups is 4. The minimum Gasteiger partial charge on any atom is -0.463 e. The van der Waals surface area contributed by atoms with E-state index in [9.17, 15) is 24.3 Å². The number of aliphatic hydroxyl groups excluding tert-OH is 1. The molecule has 0 amide bonds. The van der Waals surface area contributed by atoms with Gasteiger partial charge in [-0.05, 0) is 6.42 Å². The van der Waals surface area contributed by atoms with Crippen molar-refractivity contribution in [1.82, 2.24) is 0 Å². The highest BCUT2D eigenvalue weighted by Gasteiger charge is 2.46. The van der Waals surface area contributed by atoms with Gasteiger partial charge in [0, 0.05) is 6.42 Å². The standard InChI is InChI=1S/C22H36O7/c1-2-3-4-5-6-7-8-9-10-11-12-13-14-15-18(24)28-16-17(23)21-19(25)20(26)22(27)29-21/h17,21,23H,2-16H2,1H3/t17-,21?/m1/s1. The summed E-state index contributed by atoms with van der Waals surface area (Å²) in [6.45, 7) is 1.76. The summed E-state index contributed by atoms with van der Waals surface area (Å²) in [5.41, 5.74) is 0. The number of aliphatic hydroxyl groups is 1. The summed E-state index contributed by atoms with van der Waals surface area (Å²) in [6, 6.07) is 0. The Kier molecular flexibility index (Phi) is 13.2. The highest BCUT2D eigenvalue weighted by atomic mass is 16.6. The van der Waals surface area contributed by atoms with Crippen LogP contribution in [0.1, 0.15) is 96.8 Å². The molecule has 0 spiro atoms. The number of esters is 2. The maximum Gasteiger partial charge on any atom is 0.383 e. The van der Waals surface area contributed by atoms with Crippen LogP contribution in [0.5, 0.6) is 0 Å². The lowest BCUT2D eigenvalue weighted by Gasteiger charge is -2.15. The number of hydrogen-bond donors (Lipinski definition) is 1. The van der Waals surface area contributed by atoms with Crippen LogP contribution in [0, 0.1) is 0 Å². The van der Waals surface area contributed by atoms with Crippen molar-refractivity contribution in [2.75, 3.05) is 6.61 Å². The fourth-order valence-electron chi connectivity index (χ4n) is 3.33. The first-order chi connectivity index (χ1) is 14.0. The van der Waals surface area contributed by atoms with Crippen LogP contribution in [-0.2, 0) is 28.7 Å². The van der Waals surface area contributed by atoms with Crippen LogP contribution >= 0.6 is 0 Å². The predicted molar refractivity (Wildman–Crippen MR) is 107 cm³/mol. The van der Waals surface area contributed by atoms with E-state index in [2.05, 4.69) is 11.7 Å². The van der Waals surface area contributed by atoms with Crippen molar-refractivity contribution < 1.29 is 33.8 Å². The first kappa shape index (κ1) is 25.3. The lowest BCUT2D eigenvalue weighted by Crippen LogP contribution is -2.37. The van der Waals surface area contributed by atoms with E-state index in [0.717, 1.165) is 12.8 Å². The van der Waals surface area contributed by atoms with E-state index in [1.54, 1.807) is 0 Å². The lowest BCUT2D eigenvalue weighted by molar-refractivity contribution is -0.156. The van der Waals surface area contributed by atoms with E-state index in [1.165, 1.54) is 64.2 Å². The van der Waals surface area contributed by atoms with Crippen LogP contribution in [0.15, 0.2) is 0 Å². The van der Waals surface area contributed by atoms with Crippen molar-refractivity contribution in [3.05, 3.63) is 0 Å². The minimum absolute atomic E-state index is 0.238. The molecule has 29 heavy (non-hydrogen) atoms. The van der Waals surface area contributed by atoms with Gasteiger partial charge in [-0.25, -0.2) is 4.79 Å². The Morgan fingerprint density at radius 2 is 1.38 bits per heavy atom. The van der Waals surface area contributed by atoms with E-state index in [-0.39, 0.29) is 6.42 Å². The van der Waals surface area contributed by atoms with Crippen molar-refractivity contribution in [2.24, 2.45) is 0 Å². The average Bonchev–Trinajstić information content (AvgIpc) is 2.97. The second kappa shape index (κ2) is 15.1. The second-order valence-electron chi connectivity index (χ2n) is 7.76. The second-order valence-corrected chi connectivity index (χ2v) is 7.76. The summed E-state index contributed by atoms with van der Waals surface area (Å²) in [5, 5.41) is 9.76. The molecule has 7 heteroatoms. The molecule has 1 aliphatic heterocycles. The molecule has 166 valence electrons. The first-order valence-electron chi connectivity index (χ1n) is 11.1. The zero-order chi connectivity index (χ0) is 21.5. The van der Waals surface area contributed by atoms with Crippen molar-refractivity contribution in [3.63, 3.8) is 0 Å². The molecule has 0 saturated carbocycles. The summed E-state index contributed by atoms with van der Waals surface area (Å²) in [5.74, 6) is -4.14. The maximum absolute atomic E-state index is 11.7. The van der Waals surface area contributed by atoms with Gasteiger partial charge < -0.3 is 14.6 Å². The first-order valence-corrected chi connectivity index (χ1v) is 11.1. The Hall–Kier alpha value is -1.76. The Bertz CT molecular complexity index is 529. The van der Waals surface area contributed by atoms with E-state index in [0.29, 0.717) is 6.42 Å². The molecule has 1 unspecified atom stereocenters. The highest BCUT2D eigenvalue weighted by molar-refractivity contribution is 6.65. The Labute approximate surface area is 173 Å². The van der Waals surface area contributed by atoms with Gasteiger partial charge in [-0.3, -0.25) is 14.4 Å². The van der Waals surface area contributed by atoms with E-state index < -0.39 is 42.3 Å². The quantitative estimate of drug-likeness (QED) is 0.221. The number of ketones is 2. The van der Waals surface area contributed by atoms with Crippen LogP contribution < -0.4 is 0 Å². The molecule has 0 aromatic heterocycles. The summed E-state index contributed by atoms with van der Waals surface area (Å²) in [7, 11) is 0. The van der Waals surface area contributed by atoms with Crippen molar-refractivity contribution in [2.45, 2.75) is 109 Å². The molecule has 1 heterocycles. The average molecular weight is 413 g/mol. The SMILES string of the molecule is CCCCCCCCCCCCCCCC(=O)OC[C@@H](O)C1OC(=O)C(=O)C1=O. The zero-order valence-corrected chi connectivity index (χ0v) is 17.7. The third-order valence-electron chi connectivity index (χ3n) is 5.15. The van der Waals surface area contributed by atoms with E-state index in [4.69, 9.17) is 4.74 Å². The number of unbranched alkanes of at least 4 members (excludes halogenated alkanes) is 12. The summed E-state index contributed by atoms with van der Waals surface area (Å²) in [6.07, 6.45) is 12.9. The molecule has 0 radical (unpaired) electrons. The topological polar surface area (TPSA) is 107 Å². The van der Waals surface area contributed by atoms with Gasteiger partial charge in [-0.2, -0.15) is 0 Å². The van der Waals surface area contributed by atoms with Crippen LogP contribution in [-0.4, -0.2) is 47.4 Å². The number of rotatable bonds is 17. The Morgan fingerprint density at radius 1 is 0.897 bits per heavy atom. The summed E-state index contributed by atoms with van der Waals surface area (Å²) >= 11 is 0. The van der Waals surface area contributed by atoms with Crippen LogP contribution in [0.4, 0.5) is 0 Å². The Balaban J connectivity index is 1.92. The molecule has 0 aromatic rings. The normalized spacial score (nSPS) is 17.4. The smallest absolute Gasteiger partial charge is 0.383 e. The van der Waals surface area contributed by atoms with E-state index >= 15 is 0 Å². The third-order valence-corrected chi connectivity index (χ3v) is 5.15. The minimum atomic E-state index is -1.57. The zero-order valence-electron chi connectivity index (χ0n) is 17.7. The van der Waals surface area contributed by atoms with Crippen LogP contribution in [0.25, 0.3) is 0 Å². The monoisotopic (exact) mass is 412 g/mol. The molecular formula is C22H36O7. The number of hydrogen-bond acceptors (Lipinski definition) is 7. The van der Waals surface area contributed by atoms with E-state index in [1.807, 2.05) is 0 Å². The molecular weight excluding hydrogens is 376 g/mol. The van der Waals surface area contributed by atoms with Gasteiger partial charge >= 0.3 is 17.7 Å². The van der Waals surface area contributed by atoms with Crippen LogP contribution in [0.2, 0.25) is 0 Å². The molecule has 1 N–H and O–H groups in total. The van der Waals surface area contributed by atoms with Gasteiger partial charge in [0.15, 0.2) is 6.10 Å².